The van der Waals surface area contributed by atoms with Crippen LogP contribution in [0.3, 0.4) is 0 Å². The number of hydrogen-bond acceptors (Lipinski definition) is 7. The molecule has 1 heterocycles. The lowest BCUT2D eigenvalue weighted by atomic mass is 10.1. The molecule has 0 saturated heterocycles. The van der Waals surface area contributed by atoms with Crippen molar-refractivity contribution in [3.63, 3.8) is 0 Å². The molecule has 1 aromatic heterocycles. The lowest BCUT2D eigenvalue weighted by Gasteiger charge is -2.19. The molecule has 0 aliphatic rings. The van der Waals surface area contributed by atoms with Gasteiger partial charge in [-0.15, -0.1) is 0 Å². The largest absolute Gasteiger partial charge is 0.497 e. The highest BCUT2D eigenvalue weighted by Crippen LogP contribution is 2.24. The average Bonchev–Trinajstić information content (AvgIpc) is 3.20. The van der Waals surface area contributed by atoms with Crippen molar-refractivity contribution in [2.75, 3.05) is 13.7 Å². The second kappa shape index (κ2) is 8.70. The van der Waals surface area contributed by atoms with E-state index in [1.807, 2.05) is 0 Å². The van der Waals surface area contributed by atoms with Crippen LogP contribution in [0.5, 0.6) is 5.75 Å². The van der Waals surface area contributed by atoms with Gasteiger partial charge >= 0.3 is 0 Å². The number of nitro groups is 1. The summed E-state index contributed by atoms with van der Waals surface area (Å²) >= 11 is 6.08. The molecule has 0 radical (unpaired) electrons. The first-order valence-corrected chi connectivity index (χ1v) is 9.01. The molecule has 9 nitrogen and oxygen atoms in total. The monoisotopic (exact) mass is 416 g/mol. The summed E-state index contributed by atoms with van der Waals surface area (Å²) in [4.78, 5) is 29.0. The molecule has 150 valence electrons. The molecule has 0 atom stereocenters. The first-order valence-electron chi connectivity index (χ1n) is 8.63. The molecule has 0 spiro atoms. The Hall–Kier alpha value is -3.46. The van der Waals surface area contributed by atoms with E-state index in [2.05, 4.69) is 10.1 Å². The molecule has 0 N–H and O–H groups in total. The van der Waals surface area contributed by atoms with E-state index in [1.54, 1.807) is 38.3 Å². The van der Waals surface area contributed by atoms with E-state index in [0.717, 1.165) is 11.6 Å². The summed E-state index contributed by atoms with van der Waals surface area (Å²) in [5, 5.41) is 15.1. The van der Waals surface area contributed by atoms with Crippen molar-refractivity contribution in [3.8, 4) is 17.1 Å². The van der Waals surface area contributed by atoms with E-state index < -0.39 is 10.8 Å². The molecule has 3 aromatic rings. The number of rotatable bonds is 7. The lowest BCUT2D eigenvalue weighted by molar-refractivity contribution is -0.384. The Morgan fingerprint density at radius 1 is 1.28 bits per heavy atom. The number of ether oxygens (including phenoxy) is 1. The summed E-state index contributed by atoms with van der Waals surface area (Å²) in [6.45, 7) is 2.12. The standard InChI is InChI=1S/C19H17ClN4O5/c1-3-23(19(25)15-10-13(24(26)27)6-9-16(15)20)11-17-21-18(22-29-17)12-4-7-14(28-2)8-5-12/h4-10H,3,11H2,1-2H3. The van der Waals surface area contributed by atoms with Crippen molar-refractivity contribution < 1.29 is 19.0 Å². The molecule has 0 aliphatic carbocycles. The summed E-state index contributed by atoms with van der Waals surface area (Å²) < 4.78 is 10.4. The minimum absolute atomic E-state index is 0.0392. The van der Waals surface area contributed by atoms with Crippen molar-refractivity contribution in [1.29, 1.82) is 0 Å². The highest BCUT2D eigenvalue weighted by atomic mass is 35.5. The second-order valence-corrected chi connectivity index (χ2v) is 6.39. The van der Waals surface area contributed by atoms with Crippen molar-refractivity contribution >= 4 is 23.2 Å². The molecule has 3 rings (SSSR count). The normalized spacial score (nSPS) is 10.6. The van der Waals surface area contributed by atoms with Crippen LogP contribution in [0.15, 0.2) is 47.0 Å². The Morgan fingerprint density at radius 3 is 2.62 bits per heavy atom. The number of amides is 1. The van der Waals surface area contributed by atoms with E-state index in [0.29, 0.717) is 18.1 Å². The maximum atomic E-state index is 12.8. The number of hydrogen-bond donors (Lipinski definition) is 0. The van der Waals surface area contributed by atoms with Gasteiger partial charge in [-0.05, 0) is 37.3 Å². The molecule has 2 aromatic carbocycles. The maximum absolute atomic E-state index is 12.8. The molecule has 0 bridgehead atoms. The van der Waals surface area contributed by atoms with Gasteiger partial charge in [0.2, 0.25) is 11.7 Å². The SMILES string of the molecule is CCN(Cc1nc(-c2ccc(OC)cc2)no1)C(=O)c1cc([N+](=O)[O-])ccc1Cl. The first-order chi connectivity index (χ1) is 13.9. The van der Waals surface area contributed by atoms with Crippen molar-refractivity contribution in [2.24, 2.45) is 0 Å². The smallest absolute Gasteiger partial charge is 0.270 e. The first kappa shape index (κ1) is 20.3. The molecule has 0 unspecified atom stereocenters. The highest BCUT2D eigenvalue weighted by Gasteiger charge is 2.22. The Labute approximate surface area is 171 Å². The van der Waals surface area contributed by atoms with Crippen LogP contribution >= 0.6 is 11.6 Å². The number of non-ortho nitro benzene ring substituents is 1. The Kier molecular flexibility index (Phi) is 6.08. The van der Waals surface area contributed by atoms with Crippen LogP contribution in [0, 0.1) is 10.1 Å². The summed E-state index contributed by atoms with van der Waals surface area (Å²) in [5.74, 6) is 0.839. The van der Waals surface area contributed by atoms with E-state index >= 15 is 0 Å². The van der Waals surface area contributed by atoms with Crippen LogP contribution in [0.25, 0.3) is 11.4 Å². The van der Waals surface area contributed by atoms with Gasteiger partial charge in [0.1, 0.15) is 12.3 Å². The number of carbonyl (C=O) groups is 1. The average molecular weight is 417 g/mol. The number of halogens is 1. The third-order valence-electron chi connectivity index (χ3n) is 4.20. The van der Waals surface area contributed by atoms with Gasteiger partial charge in [0.25, 0.3) is 11.6 Å². The van der Waals surface area contributed by atoms with Gasteiger partial charge in [-0.3, -0.25) is 14.9 Å². The van der Waals surface area contributed by atoms with Crippen LogP contribution in [0.1, 0.15) is 23.2 Å². The number of methoxy groups -OCH3 is 1. The van der Waals surface area contributed by atoms with Crippen LogP contribution in [-0.4, -0.2) is 39.5 Å². The summed E-state index contributed by atoms with van der Waals surface area (Å²) in [5.41, 5.74) is 0.558. The Balaban J connectivity index is 1.79. The second-order valence-electron chi connectivity index (χ2n) is 5.98. The maximum Gasteiger partial charge on any atom is 0.270 e. The number of carbonyl (C=O) groups excluding carboxylic acids is 1. The molecular weight excluding hydrogens is 400 g/mol. The summed E-state index contributed by atoms with van der Waals surface area (Å²) in [6.07, 6.45) is 0. The third-order valence-corrected chi connectivity index (χ3v) is 4.53. The van der Waals surface area contributed by atoms with E-state index in [1.165, 1.54) is 17.0 Å². The van der Waals surface area contributed by atoms with Crippen LogP contribution in [-0.2, 0) is 6.54 Å². The van der Waals surface area contributed by atoms with Gasteiger partial charge in [0, 0.05) is 24.2 Å². The topological polar surface area (TPSA) is 112 Å². The zero-order valence-corrected chi connectivity index (χ0v) is 16.4. The minimum atomic E-state index is -0.581. The fourth-order valence-electron chi connectivity index (χ4n) is 2.63. The van der Waals surface area contributed by atoms with Gasteiger partial charge in [0.05, 0.1) is 22.6 Å². The molecule has 0 fully saturated rings. The van der Waals surface area contributed by atoms with Gasteiger partial charge in [0.15, 0.2) is 0 Å². The van der Waals surface area contributed by atoms with Crippen LogP contribution in [0.2, 0.25) is 5.02 Å². The quantitative estimate of drug-likeness (QED) is 0.423. The lowest BCUT2D eigenvalue weighted by Crippen LogP contribution is -2.30. The summed E-state index contributed by atoms with van der Waals surface area (Å²) in [6, 6.07) is 10.9. The molecular formula is C19H17ClN4O5. The van der Waals surface area contributed by atoms with Crippen molar-refractivity contribution in [3.05, 3.63) is 69.1 Å². The summed E-state index contributed by atoms with van der Waals surface area (Å²) in [7, 11) is 1.57. The van der Waals surface area contributed by atoms with Crippen molar-refractivity contribution in [2.45, 2.75) is 13.5 Å². The van der Waals surface area contributed by atoms with E-state index in [-0.39, 0.29) is 28.7 Å². The molecule has 29 heavy (non-hydrogen) atoms. The fraction of sp³-hybridized carbons (Fsp3) is 0.211. The van der Waals surface area contributed by atoms with E-state index in [9.17, 15) is 14.9 Å². The fourth-order valence-corrected chi connectivity index (χ4v) is 2.83. The van der Waals surface area contributed by atoms with Crippen molar-refractivity contribution in [1.82, 2.24) is 15.0 Å². The van der Waals surface area contributed by atoms with Gasteiger partial charge in [-0.25, -0.2) is 0 Å². The number of nitro benzene ring substituents is 1. The highest BCUT2D eigenvalue weighted by molar-refractivity contribution is 6.33. The predicted molar refractivity (Wildman–Crippen MR) is 105 cm³/mol. The predicted octanol–water partition coefficient (Wildman–Crippen LogP) is 3.97. The molecule has 10 heteroatoms. The Morgan fingerprint density at radius 2 is 2.00 bits per heavy atom. The minimum Gasteiger partial charge on any atom is -0.497 e. The van der Waals surface area contributed by atoms with Gasteiger partial charge in [-0.2, -0.15) is 4.98 Å². The number of benzene rings is 2. The van der Waals surface area contributed by atoms with Gasteiger partial charge in [-0.1, -0.05) is 16.8 Å². The van der Waals surface area contributed by atoms with Crippen LogP contribution < -0.4 is 4.74 Å². The zero-order chi connectivity index (χ0) is 21.0. The van der Waals surface area contributed by atoms with Gasteiger partial charge < -0.3 is 14.2 Å². The van der Waals surface area contributed by atoms with E-state index in [4.69, 9.17) is 20.9 Å². The molecule has 0 saturated carbocycles. The molecule has 0 aliphatic heterocycles. The number of nitrogens with zero attached hydrogens (tertiary/aromatic N) is 4. The Bertz CT molecular complexity index is 1040. The van der Waals surface area contributed by atoms with Crippen LogP contribution in [0.4, 0.5) is 5.69 Å². The number of aromatic nitrogens is 2. The third kappa shape index (κ3) is 4.52. The molecule has 1 amide bonds. The zero-order valence-electron chi connectivity index (χ0n) is 15.7.